The van der Waals surface area contributed by atoms with Gasteiger partial charge in [-0.15, -0.1) is 0 Å². The predicted octanol–water partition coefficient (Wildman–Crippen LogP) is 2.08. The Bertz CT molecular complexity index is 254. The summed E-state index contributed by atoms with van der Waals surface area (Å²) in [6.07, 6.45) is 10.0. The molecule has 1 nitrogen and oxygen atoms in total. The Morgan fingerprint density at radius 3 is 2.36 bits per heavy atom. The minimum atomic E-state index is 0.168. The Hall–Kier alpha value is -0.590. The Kier molecular flexibility index (Phi) is 0.790. The van der Waals surface area contributed by atoms with Crippen molar-refractivity contribution in [2.75, 3.05) is 0 Å². The molecule has 0 amide bonds. The van der Waals surface area contributed by atoms with E-state index in [0.717, 1.165) is 0 Å². The Morgan fingerprint density at radius 2 is 1.91 bits per heavy atom. The largest absolute Gasteiger partial charge is 0.299 e. The van der Waals surface area contributed by atoms with Gasteiger partial charge in [0.05, 0.1) is 0 Å². The summed E-state index contributed by atoms with van der Waals surface area (Å²) in [7, 11) is 0. The van der Waals surface area contributed by atoms with E-state index in [9.17, 15) is 4.79 Å². The number of ketones is 1. The molecule has 3 aliphatic carbocycles. The molecule has 0 aromatic carbocycles. The number of carbonyl (C=O) groups excluding carboxylic acids is 1. The first kappa shape index (κ1) is 5.99. The highest BCUT2D eigenvalue weighted by molar-refractivity contribution is 5.91. The van der Waals surface area contributed by atoms with Crippen LogP contribution in [0.2, 0.25) is 0 Å². The lowest BCUT2D eigenvalue weighted by Gasteiger charge is -2.25. The average Bonchev–Trinajstić information content (AvgIpc) is 2.79. The zero-order valence-corrected chi connectivity index (χ0v) is 6.60. The highest BCUT2D eigenvalue weighted by Gasteiger charge is 2.68. The highest BCUT2D eigenvalue weighted by Crippen LogP contribution is 2.72. The Balaban J connectivity index is 2.10. The van der Waals surface area contributed by atoms with Crippen molar-refractivity contribution in [1.82, 2.24) is 0 Å². The van der Waals surface area contributed by atoms with Crippen LogP contribution in [0.3, 0.4) is 0 Å². The summed E-state index contributed by atoms with van der Waals surface area (Å²) in [5, 5.41) is 0. The molecule has 0 bridgehead atoms. The summed E-state index contributed by atoms with van der Waals surface area (Å²) in [6.45, 7) is 0. The molecule has 58 valence electrons. The summed E-state index contributed by atoms with van der Waals surface area (Å²) >= 11 is 0. The fraction of sp³-hybridized carbons (Fsp3) is 0.700. The van der Waals surface area contributed by atoms with Gasteiger partial charge in [0, 0.05) is 17.3 Å². The molecule has 2 fully saturated rings. The third-order valence-corrected chi connectivity index (χ3v) is 3.77. The van der Waals surface area contributed by atoms with Gasteiger partial charge in [0.1, 0.15) is 5.78 Å². The zero-order chi connectivity index (χ0) is 7.53. The molecule has 0 radical (unpaired) electrons. The molecule has 1 heteroatoms. The fourth-order valence-corrected chi connectivity index (χ4v) is 2.71. The molecule has 2 spiro atoms. The first-order chi connectivity index (χ1) is 5.29. The lowest BCUT2D eigenvalue weighted by molar-refractivity contribution is -0.125. The molecule has 0 aromatic heterocycles. The summed E-state index contributed by atoms with van der Waals surface area (Å²) in [4.78, 5) is 11.6. The second kappa shape index (κ2) is 1.45. The summed E-state index contributed by atoms with van der Waals surface area (Å²) < 4.78 is 0. The van der Waals surface area contributed by atoms with Gasteiger partial charge in [-0.25, -0.2) is 0 Å². The number of allylic oxidation sites excluding steroid dienone is 2. The van der Waals surface area contributed by atoms with Crippen molar-refractivity contribution in [2.45, 2.75) is 32.1 Å². The van der Waals surface area contributed by atoms with E-state index < -0.39 is 0 Å². The van der Waals surface area contributed by atoms with E-state index >= 15 is 0 Å². The Labute approximate surface area is 66.5 Å². The Morgan fingerprint density at radius 1 is 1.18 bits per heavy atom. The topological polar surface area (TPSA) is 17.1 Å². The van der Waals surface area contributed by atoms with E-state index in [1.165, 1.54) is 25.7 Å². The monoisotopic (exact) mass is 148 g/mol. The lowest BCUT2D eigenvalue weighted by Crippen LogP contribution is -2.28. The third-order valence-electron chi connectivity index (χ3n) is 3.77. The number of Topliss-reactive ketones (excluding diaryl/α,β-unsaturated/α-hetero) is 1. The molecule has 3 aliphatic rings. The van der Waals surface area contributed by atoms with Crippen LogP contribution in [0.5, 0.6) is 0 Å². The molecular weight excluding hydrogens is 136 g/mol. The van der Waals surface area contributed by atoms with Gasteiger partial charge in [-0.05, 0) is 25.7 Å². The van der Waals surface area contributed by atoms with Crippen LogP contribution in [0.15, 0.2) is 12.2 Å². The van der Waals surface area contributed by atoms with Crippen LogP contribution in [-0.4, -0.2) is 5.78 Å². The third kappa shape index (κ3) is 0.524. The van der Waals surface area contributed by atoms with Crippen molar-refractivity contribution in [3.05, 3.63) is 12.2 Å². The van der Waals surface area contributed by atoms with Crippen molar-refractivity contribution in [2.24, 2.45) is 10.8 Å². The van der Waals surface area contributed by atoms with Gasteiger partial charge < -0.3 is 0 Å². The van der Waals surface area contributed by atoms with E-state index in [1.807, 2.05) is 0 Å². The van der Waals surface area contributed by atoms with Gasteiger partial charge in [0.25, 0.3) is 0 Å². The van der Waals surface area contributed by atoms with Gasteiger partial charge in [-0.3, -0.25) is 4.79 Å². The smallest absolute Gasteiger partial charge is 0.143 e. The van der Waals surface area contributed by atoms with Gasteiger partial charge in [-0.1, -0.05) is 12.2 Å². The van der Waals surface area contributed by atoms with Gasteiger partial charge >= 0.3 is 0 Å². The minimum absolute atomic E-state index is 0.168. The summed E-state index contributed by atoms with van der Waals surface area (Å²) in [5.41, 5.74) is 0.546. The van der Waals surface area contributed by atoms with E-state index in [2.05, 4.69) is 12.2 Å². The van der Waals surface area contributed by atoms with Gasteiger partial charge in [-0.2, -0.15) is 0 Å². The molecule has 0 aliphatic heterocycles. The van der Waals surface area contributed by atoms with Crippen molar-refractivity contribution in [1.29, 1.82) is 0 Å². The van der Waals surface area contributed by atoms with Crippen LogP contribution >= 0.6 is 0 Å². The average molecular weight is 148 g/mol. The van der Waals surface area contributed by atoms with Crippen LogP contribution in [0.1, 0.15) is 32.1 Å². The lowest BCUT2D eigenvalue weighted by atomic mass is 9.77. The highest BCUT2D eigenvalue weighted by atomic mass is 16.1. The molecule has 0 N–H and O–H groups in total. The molecule has 0 unspecified atom stereocenters. The molecule has 11 heavy (non-hydrogen) atoms. The zero-order valence-electron chi connectivity index (χ0n) is 6.60. The maximum absolute atomic E-state index is 11.6. The van der Waals surface area contributed by atoms with E-state index in [4.69, 9.17) is 0 Å². The first-order valence-corrected chi connectivity index (χ1v) is 4.50. The van der Waals surface area contributed by atoms with Crippen LogP contribution in [-0.2, 0) is 4.79 Å². The molecule has 0 aromatic rings. The maximum atomic E-state index is 11.6. The number of carbonyl (C=O) groups is 1. The van der Waals surface area contributed by atoms with Crippen molar-refractivity contribution < 1.29 is 4.79 Å². The molecular formula is C10H12O. The normalized spacial score (nSPS) is 34.7. The number of fused-ring (bicyclic) bond motifs is 1. The number of hydrogen-bond donors (Lipinski definition) is 0. The fourth-order valence-electron chi connectivity index (χ4n) is 2.71. The van der Waals surface area contributed by atoms with E-state index in [-0.39, 0.29) is 5.41 Å². The van der Waals surface area contributed by atoms with E-state index in [0.29, 0.717) is 17.6 Å². The van der Waals surface area contributed by atoms with E-state index in [1.54, 1.807) is 0 Å². The summed E-state index contributed by atoms with van der Waals surface area (Å²) in [6, 6.07) is 0. The molecule has 0 heterocycles. The van der Waals surface area contributed by atoms with Gasteiger partial charge in [0.2, 0.25) is 0 Å². The van der Waals surface area contributed by atoms with Crippen LogP contribution in [0.25, 0.3) is 0 Å². The SMILES string of the molecule is O=C1CC=CC2(CC2)C12CC2. The maximum Gasteiger partial charge on any atom is 0.143 e. The summed E-state index contributed by atoms with van der Waals surface area (Å²) in [5.74, 6) is 0.525. The standard InChI is InChI=1S/C10H12O/c11-8-2-1-3-9(4-5-9)10(8)6-7-10/h1,3H,2,4-7H2. The van der Waals surface area contributed by atoms with Crippen molar-refractivity contribution >= 4 is 5.78 Å². The van der Waals surface area contributed by atoms with Crippen molar-refractivity contribution in [3.8, 4) is 0 Å². The molecule has 0 saturated heterocycles. The molecule has 0 atom stereocenters. The predicted molar refractivity (Wildman–Crippen MR) is 42.1 cm³/mol. The second-order valence-electron chi connectivity index (χ2n) is 4.27. The quantitative estimate of drug-likeness (QED) is 0.481. The van der Waals surface area contributed by atoms with Crippen molar-refractivity contribution in [3.63, 3.8) is 0 Å². The number of hydrogen-bond acceptors (Lipinski definition) is 1. The second-order valence-corrected chi connectivity index (χ2v) is 4.27. The van der Waals surface area contributed by atoms with Gasteiger partial charge in [0.15, 0.2) is 0 Å². The number of rotatable bonds is 0. The van der Waals surface area contributed by atoms with Crippen LogP contribution in [0.4, 0.5) is 0 Å². The first-order valence-electron chi connectivity index (χ1n) is 4.50. The molecule has 3 rings (SSSR count). The van der Waals surface area contributed by atoms with Crippen LogP contribution < -0.4 is 0 Å². The van der Waals surface area contributed by atoms with Crippen LogP contribution in [0, 0.1) is 10.8 Å². The minimum Gasteiger partial charge on any atom is -0.299 e. The molecule has 2 saturated carbocycles.